The van der Waals surface area contributed by atoms with Crippen molar-refractivity contribution in [2.45, 2.75) is 13.5 Å². The Hall–Kier alpha value is -4.41. The number of urea groups is 1. The van der Waals surface area contributed by atoms with Crippen LogP contribution in [-0.4, -0.2) is 25.8 Å². The van der Waals surface area contributed by atoms with Gasteiger partial charge in [0.25, 0.3) is 0 Å². The number of anilines is 3. The molecule has 0 atom stereocenters. The van der Waals surface area contributed by atoms with Crippen molar-refractivity contribution in [3.8, 4) is 22.5 Å². The van der Waals surface area contributed by atoms with Crippen LogP contribution in [0.25, 0.3) is 22.5 Å². The number of aromatic nitrogens is 4. The highest BCUT2D eigenvalue weighted by atomic mass is 19.1. The SMILES string of the molecule is CCn1cc(-c2ccc(F)c(NC(=O)Nc3ccc(F)cc3F)c2)c(-c2ccnc(N)n2)n1. The molecule has 0 saturated heterocycles. The van der Waals surface area contributed by atoms with Gasteiger partial charge in [0.15, 0.2) is 0 Å². The Balaban J connectivity index is 1.65. The van der Waals surface area contributed by atoms with Crippen LogP contribution in [0, 0.1) is 17.5 Å². The fraction of sp³-hybridized carbons (Fsp3) is 0.0909. The molecule has 0 aliphatic heterocycles. The van der Waals surface area contributed by atoms with Crippen LogP contribution in [0.15, 0.2) is 54.9 Å². The molecule has 168 valence electrons. The van der Waals surface area contributed by atoms with Crippen molar-refractivity contribution in [2.24, 2.45) is 0 Å². The quantitative estimate of drug-likeness (QED) is 0.407. The number of carbonyl (C=O) groups excluding carboxylic acids is 1. The van der Waals surface area contributed by atoms with Crippen molar-refractivity contribution < 1.29 is 18.0 Å². The van der Waals surface area contributed by atoms with Gasteiger partial charge in [-0.05, 0) is 42.8 Å². The number of aryl methyl sites for hydroxylation is 1. The third kappa shape index (κ3) is 4.76. The third-order valence-corrected chi connectivity index (χ3v) is 4.71. The monoisotopic (exact) mass is 453 g/mol. The second-order valence-corrected chi connectivity index (χ2v) is 6.95. The standard InChI is InChI=1S/C22H18F3N7O/c1-2-32-11-14(20(31-32)18-7-8-27-21(26)28-18)12-3-5-15(24)19(9-12)30-22(33)29-17-6-4-13(23)10-16(17)25/h3-11H,2H2,1H3,(H2,26,27,28)(H2,29,30,33). The topological polar surface area (TPSA) is 111 Å². The molecule has 0 spiro atoms. The third-order valence-electron chi connectivity index (χ3n) is 4.71. The van der Waals surface area contributed by atoms with Crippen LogP contribution in [0.4, 0.5) is 35.3 Å². The number of carbonyl (C=O) groups is 1. The van der Waals surface area contributed by atoms with Gasteiger partial charge in [0, 0.05) is 30.6 Å². The number of halogens is 3. The van der Waals surface area contributed by atoms with Crippen LogP contribution in [0.2, 0.25) is 0 Å². The molecule has 0 aliphatic rings. The van der Waals surface area contributed by atoms with Crippen molar-refractivity contribution >= 4 is 23.4 Å². The normalized spacial score (nSPS) is 10.8. The van der Waals surface area contributed by atoms with E-state index in [1.165, 1.54) is 24.4 Å². The Labute approximate surface area is 186 Å². The summed E-state index contributed by atoms with van der Waals surface area (Å²) in [5.74, 6) is -2.37. The number of benzene rings is 2. The summed E-state index contributed by atoms with van der Waals surface area (Å²) in [6, 6.07) is 7.57. The van der Waals surface area contributed by atoms with Crippen molar-refractivity contribution in [1.29, 1.82) is 0 Å². The van der Waals surface area contributed by atoms with Gasteiger partial charge in [-0.3, -0.25) is 4.68 Å². The lowest BCUT2D eigenvalue weighted by molar-refractivity contribution is 0.262. The number of hydrogen-bond acceptors (Lipinski definition) is 5. The van der Waals surface area contributed by atoms with Crippen molar-refractivity contribution in [1.82, 2.24) is 19.7 Å². The zero-order valence-corrected chi connectivity index (χ0v) is 17.3. The molecule has 0 aliphatic carbocycles. The number of nitrogens with one attached hydrogen (secondary N) is 2. The molecular formula is C22H18F3N7O. The van der Waals surface area contributed by atoms with Crippen molar-refractivity contribution in [3.05, 3.63) is 72.3 Å². The highest BCUT2D eigenvalue weighted by Gasteiger charge is 2.17. The van der Waals surface area contributed by atoms with Crippen LogP contribution >= 0.6 is 0 Å². The molecule has 2 heterocycles. The van der Waals surface area contributed by atoms with Gasteiger partial charge in [-0.2, -0.15) is 5.10 Å². The first-order chi connectivity index (χ1) is 15.8. The minimum absolute atomic E-state index is 0.0793. The summed E-state index contributed by atoms with van der Waals surface area (Å²) in [5.41, 5.74) is 7.45. The van der Waals surface area contributed by atoms with Crippen LogP contribution in [0.5, 0.6) is 0 Å². The molecule has 4 rings (SSSR count). The molecule has 11 heteroatoms. The molecule has 0 fully saturated rings. The highest BCUT2D eigenvalue weighted by Crippen LogP contribution is 2.32. The maximum atomic E-state index is 14.4. The van der Waals surface area contributed by atoms with Gasteiger partial charge < -0.3 is 16.4 Å². The lowest BCUT2D eigenvalue weighted by Gasteiger charge is -2.11. The summed E-state index contributed by atoms with van der Waals surface area (Å²) in [4.78, 5) is 20.4. The second kappa shape index (κ2) is 8.99. The van der Waals surface area contributed by atoms with Gasteiger partial charge in [-0.1, -0.05) is 6.07 Å². The molecule has 8 nitrogen and oxygen atoms in total. The van der Waals surface area contributed by atoms with E-state index in [9.17, 15) is 18.0 Å². The lowest BCUT2D eigenvalue weighted by Crippen LogP contribution is -2.20. The van der Waals surface area contributed by atoms with Crippen molar-refractivity contribution in [3.63, 3.8) is 0 Å². The van der Waals surface area contributed by atoms with Crippen LogP contribution < -0.4 is 16.4 Å². The molecule has 33 heavy (non-hydrogen) atoms. The summed E-state index contributed by atoms with van der Waals surface area (Å²) >= 11 is 0. The average molecular weight is 453 g/mol. The van der Waals surface area contributed by atoms with Gasteiger partial charge in [-0.25, -0.2) is 27.9 Å². The van der Waals surface area contributed by atoms with Crippen LogP contribution in [-0.2, 0) is 6.54 Å². The summed E-state index contributed by atoms with van der Waals surface area (Å²) in [7, 11) is 0. The second-order valence-electron chi connectivity index (χ2n) is 6.95. The minimum Gasteiger partial charge on any atom is -0.368 e. The van der Waals surface area contributed by atoms with Gasteiger partial charge >= 0.3 is 6.03 Å². The van der Waals surface area contributed by atoms with E-state index < -0.39 is 23.5 Å². The molecular weight excluding hydrogens is 435 g/mol. The number of nitrogens with two attached hydrogens (primary N) is 1. The zero-order valence-electron chi connectivity index (χ0n) is 17.3. The maximum absolute atomic E-state index is 14.4. The van der Waals surface area contributed by atoms with Crippen LogP contribution in [0.3, 0.4) is 0 Å². The number of nitrogens with zero attached hydrogens (tertiary/aromatic N) is 4. The zero-order chi connectivity index (χ0) is 23.5. The van der Waals surface area contributed by atoms with E-state index in [1.807, 2.05) is 6.92 Å². The van der Waals surface area contributed by atoms with Gasteiger partial charge in [0.05, 0.1) is 17.1 Å². The summed E-state index contributed by atoms with van der Waals surface area (Å²) in [6.07, 6.45) is 3.27. The number of amides is 2. The van der Waals surface area contributed by atoms with E-state index in [0.717, 1.165) is 12.1 Å². The van der Waals surface area contributed by atoms with E-state index in [-0.39, 0.29) is 17.3 Å². The molecule has 0 radical (unpaired) electrons. The Morgan fingerprint density at radius 3 is 2.55 bits per heavy atom. The molecule has 2 amide bonds. The molecule has 4 aromatic rings. The summed E-state index contributed by atoms with van der Waals surface area (Å²) in [5, 5.41) is 9.07. The Bertz CT molecular complexity index is 1340. The van der Waals surface area contributed by atoms with Gasteiger partial charge in [0.1, 0.15) is 23.1 Å². The first-order valence-electron chi connectivity index (χ1n) is 9.83. The molecule has 2 aromatic heterocycles. The molecule has 0 bridgehead atoms. The lowest BCUT2D eigenvalue weighted by atomic mass is 10.0. The first kappa shape index (κ1) is 21.8. The van der Waals surface area contributed by atoms with Crippen molar-refractivity contribution in [2.75, 3.05) is 16.4 Å². The molecule has 0 saturated carbocycles. The average Bonchev–Trinajstić information content (AvgIpc) is 3.22. The highest BCUT2D eigenvalue weighted by molar-refractivity contribution is 6.00. The largest absolute Gasteiger partial charge is 0.368 e. The van der Waals surface area contributed by atoms with E-state index in [0.29, 0.717) is 35.1 Å². The minimum atomic E-state index is -0.958. The number of rotatable bonds is 5. The fourth-order valence-corrected chi connectivity index (χ4v) is 3.14. The van der Waals surface area contributed by atoms with E-state index >= 15 is 0 Å². The van der Waals surface area contributed by atoms with E-state index in [1.54, 1.807) is 16.9 Å². The van der Waals surface area contributed by atoms with E-state index in [4.69, 9.17) is 5.73 Å². The predicted molar refractivity (Wildman–Crippen MR) is 118 cm³/mol. The van der Waals surface area contributed by atoms with E-state index in [2.05, 4.69) is 25.7 Å². The van der Waals surface area contributed by atoms with Crippen LogP contribution in [0.1, 0.15) is 6.92 Å². The summed E-state index contributed by atoms with van der Waals surface area (Å²) < 4.78 is 43.0. The molecule has 0 unspecified atom stereocenters. The Morgan fingerprint density at radius 2 is 1.82 bits per heavy atom. The Morgan fingerprint density at radius 1 is 1.03 bits per heavy atom. The summed E-state index contributed by atoms with van der Waals surface area (Å²) in [6.45, 7) is 2.48. The first-order valence-corrected chi connectivity index (χ1v) is 9.83. The van der Waals surface area contributed by atoms with Gasteiger partial charge in [0.2, 0.25) is 5.95 Å². The molecule has 2 aromatic carbocycles. The smallest absolute Gasteiger partial charge is 0.323 e. The Kier molecular flexibility index (Phi) is 5.94. The number of nitrogen functional groups attached to an aromatic ring is 1. The number of hydrogen-bond donors (Lipinski definition) is 3. The maximum Gasteiger partial charge on any atom is 0.323 e. The molecule has 4 N–H and O–H groups in total. The fourth-order valence-electron chi connectivity index (χ4n) is 3.14. The predicted octanol–water partition coefficient (Wildman–Crippen LogP) is 4.67. The van der Waals surface area contributed by atoms with Gasteiger partial charge in [-0.15, -0.1) is 0 Å².